The molecular weight excluding hydrogens is 1080 g/mol. The summed E-state index contributed by atoms with van der Waals surface area (Å²) in [7, 11) is -0.208. The number of ether oxygens (including phenoxy) is 2. The molecule has 2 aliphatic heterocycles. The summed E-state index contributed by atoms with van der Waals surface area (Å²) in [6.45, 7) is 0.0524. The van der Waals surface area contributed by atoms with Gasteiger partial charge in [0.2, 0.25) is 33.6 Å². The van der Waals surface area contributed by atoms with Crippen molar-refractivity contribution in [3.8, 4) is 23.1 Å². The summed E-state index contributed by atoms with van der Waals surface area (Å²) in [5.74, 6) is -1.70. The predicted octanol–water partition coefficient (Wildman–Crippen LogP) is 5.47. The molecule has 8 rings (SSSR count). The first-order chi connectivity index (χ1) is 35.2. The fraction of sp³-hybridized carbons (Fsp3) is 0.304. The van der Waals surface area contributed by atoms with Crippen molar-refractivity contribution in [2.45, 2.75) is 72.4 Å². The number of nitrogens with zero attached hydrogens (tertiary/aromatic N) is 5. The smallest absolute Gasteiger partial charge is 0.416 e. The number of sulfonamides is 1. The van der Waals surface area contributed by atoms with Gasteiger partial charge in [-0.15, -0.1) is 10.2 Å². The highest BCUT2D eigenvalue weighted by Gasteiger charge is 2.43. The minimum atomic E-state index is -4.48. The lowest BCUT2D eigenvalue weighted by Gasteiger charge is -2.23. The van der Waals surface area contributed by atoms with Crippen molar-refractivity contribution >= 4 is 41.6 Å². The highest BCUT2D eigenvalue weighted by Crippen LogP contribution is 2.32. The number of amides is 2. The van der Waals surface area contributed by atoms with E-state index in [-0.39, 0.29) is 53.5 Å². The van der Waals surface area contributed by atoms with E-state index in [1.807, 2.05) is 0 Å². The molecule has 0 unspecified atom stereocenters. The summed E-state index contributed by atoms with van der Waals surface area (Å²) >= 11 is 0. The zero-order valence-corrected chi connectivity index (χ0v) is 41.4. The van der Waals surface area contributed by atoms with Gasteiger partial charge in [-0.05, 0) is 103 Å². The van der Waals surface area contributed by atoms with Crippen molar-refractivity contribution in [1.29, 1.82) is 0 Å². The van der Waals surface area contributed by atoms with Gasteiger partial charge in [0.05, 0.1) is 75.9 Å². The molecule has 5 N–H and O–H groups in total. The molecule has 0 spiro atoms. The van der Waals surface area contributed by atoms with Crippen LogP contribution in [0, 0.1) is 11.6 Å². The van der Waals surface area contributed by atoms with Gasteiger partial charge in [-0.1, -0.05) is 0 Å². The highest BCUT2D eigenvalue weighted by atomic mass is 35.7. The predicted molar refractivity (Wildman–Crippen MR) is 250 cm³/mol. The monoisotopic (exact) mass is 1120 g/mol. The van der Waals surface area contributed by atoms with Crippen LogP contribution < -0.4 is 25.4 Å². The molecule has 29 heteroatoms. The topological polar surface area (TPSA) is 236 Å². The molecule has 18 nitrogen and oxygen atoms in total. The van der Waals surface area contributed by atoms with Crippen LogP contribution in [0.15, 0.2) is 119 Å². The first kappa shape index (κ1) is 57.6. The molecule has 2 fully saturated rings. The second-order valence-electron chi connectivity index (χ2n) is 16.4. The second kappa shape index (κ2) is 23.9. The second-order valence-corrected chi connectivity index (χ2v) is 20.9. The van der Waals surface area contributed by atoms with Gasteiger partial charge >= 0.3 is 12.4 Å². The van der Waals surface area contributed by atoms with E-state index in [9.17, 15) is 71.8 Å². The maximum atomic E-state index is 13.2. The van der Waals surface area contributed by atoms with Crippen LogP contribution in [0.5, 0.6) is 11.8 Å². The summed E-state index contributed by atoms with van der Waals surface area (Å²) in [5.41, 5.74) is 0.135. The van der Waals surface area contributed by atoms with Gasteiger partial charge in [0.25, 0.3) is 9.05 Å². The maximum Gasteiger partial charge on any atom is 0.416 e. The molecule has 0 radical (unpaired) electrons. The van der Waals surface area contributed by atoms with Crippen LogP contribution in [-0.2, 0) is 54.1 Å². The fourth-order valence-corrected chi connectivity index (χ4v) is 9.80. The lowest BCUT2D eigenvalue weighted by molar-refractivity contribution is -0.138. The molecule has 4 aromatic carbocycles. The zero-order valence-electron chi connectivity index (χ0n) is 39.1. The normalized spacial score (nSPS) is 18.0. The van der Waals surface area contributed by atoms with Gasteiger partial charge in [0.15, 0.2) is 0 Å². The zero-order chi connectivity index (χ0) is 55.0. The SMILES string of the molecule is COc1nn(-c2ccc(C(F)(F)F)cc2)cc1CNC(=O)[C@@H]1C[C@H](O)CN1.COc1nn(-c2ccc(C(F)(F)F)cc2)cc1CNC(=O)[C@@H]1C[C@H](O)CN1S(=O)(=O)c1ccc(F)cc1.O=S(=O)(Cl)c1ccc(F)cc1. The van der Waals surface area contributed by atoms with E-state index in [2.05, 4.69) is 26.1 Å². The minimum absolute atomic E-state index is 0.0967. The van der Waals surface area contributed by atoms with Crippen molar-refractivity contribution in [3.05, 3.63) is 143 Å². The molecule has 4 heterocycles. The number of aromatic nitrogens is 4. The molecule has 0 aliphatic carbocycles. The molecule has 0 bridgehead atoms. The Labute approximate surface area is 427 Å². The van der Waals surface area contributed by atoms with E-state index in [0.29, 0.717) is 35.5 Å². The number of benzene rings is 4. The maximum absolute atomic E-state index is 13.2. The molecule has 6 aromatic rings. The van der Waals surface area contributed by atoms with Gasteiger partial charge in [-0.25, -0.2) is 35.0 Å². The van der Waals surface area contributed by atoms with Crippen molar-refractivity contribution in [3.63, 3.8) is 0 Å². The average Bonchev–Trinajstić information content (AvgIpc) is 4.18. The van der Waals surface area contributed by atoms with E-state index in [1.54, 1.807) is 6.20 Å². The van der Waals surface area contributed by atoms with Crippen LogP contribution in [0.3, 0.4) is 0 Å². The van der Waals surface area contributed by atoms with Gasteiger partial charge in [-0.3, -0.25) is 9.59 Å². The molecule has 0 saturated carbocycles. The number of carbonyl (C=O) groups is 2. The van der Waals surface area contributed by atoms with Gasteiger partial charge in [0.1, 0.15) is 17.7 Å². The Bertz CT molecular complexity index is 3150. The number of hydrogen-bond acceptors (Lipinski definition) is 13. The third-order valence-electron chi connectivity index (χ3n) is 11.2. The lowest BCUT2D eigenvalue weighted by atomic mass is 10.2. The fourth-order valence-electron chi connectivity index (χ4n) is 7.39. The number of alkyl halides is 6. The Morgan fingerprint density at radius 1 is 0.667 bits per heavy atom. The molecule has 4 atom stereocenters. The standard InChI is InChI=1S/C23H22F4N4O5S.C17H19F3N4O3.C6H4ClFO2S/c1-36-22-14(12-30(29-22)17-6-2-15(3-7-17)23(25,26)27)11-28-21(33)20-10-18(32)13-31(20)37(34,35)19-8-4-16(24)5-9-19;1-27-16-10(7-22-15(26)14-6-13(25)8-21-14)9-24(23-16)12-4-2-11(3-5-12)17(18,19)20;7-11(9,10)6-3-1-5(8)2-4-6/h2-9,12,18,20,32H,10-11,13H2,1H3,(H,28,33);2-5,9,13-14,21,25H,6-8H2,1H3,(H,22,26);1-4H/t18-,20-;13-,14-;/m00./s1. The molecule has 2 amide bonds. The van der Waals surface area contributed by atoms with Crippen LogP contribution in [0.25, 0.3) is 11.4 Å². The highest BCUT2D eigenvalue weighted by molar-refractivity contribution is 8.13. The Kier molecular flexibility index (Phi) is 18.3. The minimum Gasteiger partial charge on any atom is -0.480 e. The van der Waals surface area contributed by atoms with Gasteiger partial charge < -0.3 is 35.6 Å². The largest absolute Gasteiger partial charge is 0.480 e. The number of aliphatic hydroxyl groups excluding tert-OH is 2. The Balaban J connectivity index is 0.000000209. The van der Waals surface area contributed by atoms with E-state index < -0.39 is 84.4 Å². The van der Waals surface area contributed by atoms with Crippen LogP contribution in [0.4, 0.5) is 35.1 Å². The van der Waals surface area contributed by atoms with Crippen LogP contribution in [0.2, 0.25) is 0 Å². The summed E-state index contributed by atoms with van der Waals surface area (Å²) in [5, 5.41) is 36.2. The van der Waals surface area contributed by atoms with Crippen LogP contribution in [0.1, 0.15) is 35.1 Å². The van der Waals surface area contributed by atoms with Crippen molar-refractivity contribution in [2.24, 2.45) is 0 Å². The number of rotatable bonds is 13. The first-order valence-electron chi connectivity index (χ1n) is 21.9. The van der Waals surface area contributed by atoms with E-state index in [0.717, 1.165) is 77.1 Å². The van der Waals surface area contributed by atoms with Crippen molar-refractivity contribution in [2.75, 3.05) is 27.3 Å². The molecule has 404 valence electrons. The van der Waals surface area contributed by atoms with E-state index >= 15 is 0 Å². The summed E-state index contributed by atoms with van der Waals surface area (Å²) in [6, 6.07) is 15.6. The van der Waals surface area contributed by atoms with Crippen molar-refractivity contribution in [1.82, 2.24) is 39.8 Å². The number of hydrogen-bond donors (Lipinski definition) is 5. The van der Waals surface area contributed by atoms with Gasteiger partial charge in [0, 0.05) is 55.7 Å². The van der Waals surface area contributed by atoms with Crippen LogP contribution in [-0.4, -0.2) is 114 Å². The molecule has 2 aromatic heterocycles. The number of aliphatic hydroxyl groups is 2. The molecule has 2 aliphatic rings. The van der Waals surface area contributed by atoms with E-state index in [4.69, 9.17) is 20.2 Å². The summed E-state index contributed by atoms with van der Waals surface area (Å²) in [4.78, 5) is 24.7. The number of methoxy groups -OCH3 is 2. The molecule has 2 saturated heterocycles. The molecular formula is C46H45ClF8N8O10S2. The lowest BCUT2D eigenvalue weighted by Crippen LogP contribution is -2.45. The summed E-state index contributed by atoms with van der Waals surface area (Å²) < 4.78 is 163. The Morgan fingerprint density at radius 2 is 1.09 bits per heavy atom. The number of carbonyl (C=O) groups excluding carboxylic acids is 2. The molecule has 75 heavy (non-hydrogen) atoms. The van der Waals surface area contributed by atoms with Gasteiger partial charge in [-0.2, -0.15) is 30.6 Å². The third-order valence-corrected chi connectivity index (χ3v) is 14.4. The van der Waals surface area contributed by atoms with Crippen molar-refractivity contribution < 1.29 is 81.2 Å². The van der Waals surface area contributed by atoms with E-state index in [1.165, 1.54) is 54.0 Å². The quantitative estimate of drug-likeness (QED) is 0.0714. The summed E-state index contributed by atoms with van der Waals surface area (Å²) in [6.07, 6.45) is -7.28. The number of nitrogens with one attached hydrogen (secondary N) is 3. The third kappa shape index (κ3) is 15.0. The Hall–Kier alpha value is -6.69. The number of halogens is 9. The first-order valence-corrected chi connectivity index (χ1v) is 25.7. The number of β-amino-alcohol motifs (C(OH)–C–C–N with tert-alkyl or cyclic N) is 2. The Morgan fingerprint density at radius 3 is 1.48 bits per heavy atom. The van der Waals surface area contributed by atoms with Crippen LogP contribution >= 0.6 is 10.7 Å². The average molecular weight is 1120 g/mol.